The minimum Gasteiger partial charge on any atom is -0.0999 e. The first-order chi connectivity index (χ1) is 5.61. The van der Waals surface area contributed by atoms with E-state index in [0.717, 1.165) is 18.3 Å². The molecule has 0 aliphatic rings. The predicted molar refractivity (Wildman–Crippen MR) is 57.3 cm³/mol. The summed E-state index contributed by atoms with van der Waals surface area (Å²) in [5.41, 5.74) is 1.41. The summed E-state index contributed by atoms with van der Waals surface area (Å²) in [4.78, 5) is 0. The van der Waals surface area contributed by atoms with Crippen LogP contribution >= 0.6 is 0 Å². The maximum Gasteiger partial charge on any atom is -0.0320 e. The normalized spacial score (nSPS) is 15.7. The van der Waals surface area contributed by atoms with Crippen LogP contribution in [-0.2, 0) is 0 Å². The number of hydrogen-bond donors (Lipinski definition) is 0. The lowest BCUT2D eigenvalue weighted by Gasteiger charge is -2.18. The van der Waals surface area contributed by atoms with Gasteiger partial charge in [-0.1, -0.05) is 46.3 Å². The van der Waals surface area contributed by atoms with E-state index in [1.165, 1.54) is 24.8 Å². The van der Waals surface area contributed by atoms with E-state index in [1.54, 1.807) is 0 Å². The number of allylic oxidation sites excluding steroid dienone is 1. The Labute approximate surface area is 78.1 Å². The first-order valence-corrected chi connectivity index (χ1v) is 5.28. The lowest BCUT2D eigenvalue weighted by atomic mass is 9.88. The maximum absolute atomic E-state index is 4.03. The van der Waals surface area contributed by atoms with Gasteiger partial charge in [-0.3, -0.25) is 0 Å². The minimum atomic E-state index is 0.860. The molecule has 0 aromatic carbocycles. The molecule has 2 unspecified atom stereocenters. The maximum atomic E-state index is 4.03. The summed E-state index contributed by atoms with van der Waals surface area (Å²) in [6.07, 6.45) is 5.00. The zero-order chi connectivity index (χ0) is 9.56. The second-order valence-electron chi connectivity index (χ2n) is 4.01. The lowest BCUT2D eigenvalue weighted by Crippen LogP contribution is -2.06. The van der Waals surface area contributed by atoms with Crippen LogP contribution < -0.4 is 0 Å². The van der Waals surface area contributed by atoms with Gasteiger partial charge >= 0.3 is 0 Å². The third kappa shape index (κ3) is 4.58. The average molecular weight is 168 g/mol. The molecule has 72 valence electrons. The van der Waals surface area contributed by atoms with E-state index in [2.05, 4.69) is 34.3 Å². The standard InChI is InChI=1S/C12H24/c1-6-10(3)8-9-12(5)11(4)7-2/h11-12H,3,6-9H2,1-2,4-5H3. The van der Waals surface area contributed by atoms with Gasteiger partial charge in [0.2, 0.25) is 0 Å². The molecule has 0 nitrogen and oxygen atoms in total. The zero-order valence-corrected chi connectivity index (χ0v) is 9.19. The minimum absolute atomic E-state index is 0.860. The van der Waals surface area contributed by atoms with Gasteiger partial charge in [0.25, 0.3) is 0 Å². The highest BCUT2D eigenvalue weighted by Gasteiger charge is 2.09. The highest BCUT2D eigenvalue weighted by atomic mass is 14.1. The summed E-state index contributed by atoms with van der Waals surface area (Å²) in [6.45, 7) is 13.2. The van der Waals surface area contributed by atoms with Crippen LogP contribution in [-0.4, -0.2) is 0 Å². The van der Waals surface area contributed by atoms with E-state index in [4.69, 9.17) is 0 Å². The van der Waals surface area contributed by atoms with Gasteiger partial charge in [-0.2, -0.15) is 0 Å². The smallest absolute Gasteiger partial charge is 0.0320 e. The molecular formula is C12H24. The van der Waals surface area contributed by atoms with Gasteiger partial charge in [0, 0.05) is 0 Å². The average Bonchev–Trinajstić information content (AvgIpc) is 2.11. The fraction of sp³-hybridized carbons (Fsp3) is 0.833. The highest BCUT2D eigenvalue weighted by Crippen LogP contribution is 2.21. The molecule has 0 heteroatoms. The first-order valence-electron chi connectivity index (χ1n) is 5.28. The lowest BCUT2D eigenvalue weighted by molar-refractivity contribution is 0.354. The molecule has 0 saturated carbocycles. The quantitative estimate of drug-likeness (QED) is 0.515. The predicted octanol–water partition coefficient (Wildman–Crippen LogP) is 4.42. The van der Waals surface area contributed by atoms with Crippen LogP contribution in [0.15, 0.2) is 12.2 Å². The SMILES string of the molecule is C=C(CC)CCC(C)C(C)CC. The fourth-order valence-corrected chi connectivity index (χ4v) is 1.30. The molecule has 0 rings (SSSR count). The summed E-state index contributed by atoms with van der Waals surface area (Å²) in [5.74, 6) is 1.73. The molecule has 0 radical (unpaired) electrons. The molecule has 0 heterocycles. The molecular weight excluding hydrogens is 144 g/mol. The Morgan fingerprint density at radius 1 is 1.17 bits per heavy atom. The third-order valence-electron chi connectivity index (χ3n) is 3.07. The number of rotatable bonds is 6. The van der Waals surface area contributed by atoms with Crippen molar-refractivity contribution in [3.63, 3.8) is 0 Å². The van der Waals surface area contributed by atoms with E-state index >= 15 is 0 Å². The van der Waals surface area contributed by atoms with Gasteiger partial charge in [-0.05, 0) is 31.1 Å². The van der Waals surface area contributed by atoms with E-state index in [1.807, 2.05) is 0 Å². The van der Waals surface area contributed by atoms with Crippen molar-refractivity contribution in [2.75, 3.05) is 0 Å². The topological polar surface area (TPSA) is 0 Å². The van der Waals surface area contributed by atoms with Gasteiger partial charge in [0.15, 0.2) is 0 Å². The molecule has 0 amide bonds. The van der Waals surface area contributed by atoms with Gasteiger partial charge in [0.1, 0.15) is 0 Å². The van der Waals surface area contributed by atoms with Crippen LogP contribution in [0.4, 0.5) is 0 Å². The first kappa shape index (κ1) is 11.7. The molecule has 0 aromatic heterocycles. The number of hydrogen-bond acceptors (Lipinski definition) is 0. The van der Waals surface area contributed by atoms with Crippen molar-refractivity contribution in [2.24, 2.45) is 11.8 Å². The summed E-state index contributed by atoms with van der Waals surface area (Å²) < 4.78 is 0. The molecule has 0 aliphatic heterocycles. The molecule has 2 atom stereocenters. The van der Waals surface area contributed by atoms with Gasteiger partial charge in [0.05, 0.1) is 0 Å². The third-order valence-corrected chi connectivity index (χ3v) is 3.07. The van der Waals surface area contributed by atoms with Crippen LogP contribution in [0, 0.1) is 11.8 Å². The fourth-order valence-electron chi connectivity index (χ4n) is 1.30. The molecule has 0 aromatic rings. The van der Waals surface area contributed by atoms with Gasteiger partial charge in [-0.25, -0.2) is 0 Å². The molecule has 0 fully saturated rings. The zero-order valence-electron chi connectivity index (χ0n) is 9.19. The van der Waals surface area contributed by atoms with Crippen molar-refractivity contribution in [3.05, 3.63) is 12.2 Å². The van der Waals surface area contributed by atoms with E-state index < -0.39 is 0 Å². The second-order valence-corrected chi connectivity index (χ2v) is 4.01. The molecule has 0 bridgehead atoms. The molecule has 0 saturated heterocycles. The summed E-state index contributed by atoms with van der Waals surface area (Å²) >= 11 is 0. The Hall–Kier alpha value is -0.260. The van der Waals surface area contributed by atoms with Crippen LogP contribution in [0.25, 0.3) is 0 Å². The van der Waals surface area contributed by atoms with Crippen molar-refractivity contribution < 1.29 is 0 Å². The molecule has 0 N–H and O–H groups in total. The highest BCUT2D eigenvalue weighted by molar-refractivity contribution is 4.92. The Morgan fingerprint density at radius 3 is 2.17 bits per heavy atom. The van der Waals surface area contributed by atoms with Crippen LogP contribution in [0.3, 0.4) is 0 Å². The van der Waals surface area contributed by atoms with E-state index in [0.29, 0.717) is 0 Å². The van der Waals surface area contributed by atoms with Crippen LogP contribution in [0.5, 0.6) is 0 Å². The Morgan fingerprint density at radius 2 is 1.75 bits per heavy atom. The summed E-state index contributed by atoms with van der Waals surface area (Å²) in [6, 6.07) is 0. The van der Waals surface area contributed by atoms with Gasteiger partial charge < -0.3 is 0 Å². The van der Waals surface area contributed by atoms with Gasteiger partial charge in [-0.15, -0.1) is 0 Å². The van der Waals surface area contributed by atoms with Crippen molar-refractivity contribution in [3.8, 4) is 0 Å². The Balaban J connectivity index is 3.56. The van der Waals surface area contributed by atoms with Crippen molar-refractivity contribution in [1.82, 2.24) is 0 Å². The molecule has 12 heavy (non-hydrogen) atoms. The Kier molecular flexibility index (Phi) is 6.14. The van der Waals surface area contributed by atoms with Crippen LogP contribution in [0.1, 0.15) is 53.4 Å². The van der Waals surface area contributed by atoms with Crippen molar-refractivity contribution in [2.45, 2.75) is 53.4 Å². The largest absolute Gasteiger partial charge is 0.0999 e. The molecule has 0 aliphatic carbocycles. The van der Waals surface area contributed by atoms with Crippen molar-refractivity contribution in [1.29, 1.82) is 0 Å². The molecule has 0 spiro atoms. The summed E-state index contributed by atoms with van der Waals surface area (Å²) in [7, 11) is 0. The monoisotopic (exact) mass is 168 g/mol. The Bertz CT molecular complexity index is 124. The van der Waals surface area contributed by atoms with E-state index in [-0.39, 0.29) is 0 Å². The second kappa shape index (κ2) is 6.28. The summed E-state index contributed by atoms with van der Waals surface area (Å²) in [5, 5.41) is 0. The van der Waals surface area contributed by atoms with E-state index in [9.17, 15) is 0 Å². The van der Waals surface area contributed by atoms with Crippen molar-refractivity contribution >= 4 is 0 Å². The van der Waals surface area contributed by atoms with Crippen LogP contribution in [0.2, 0.25) is 0 Å².